The van der Waals surface area contributed by atoms with Gasteiger partial charge in [-0.1, -0.05) is 0 Å². The maximum Gasteiger partial charge on any atom is 0.337 e. The first-order valence-corrected chi connectivity index (χ1v) is 4.56. The van der Waals surface area contributed by atoms with Crippen LogP contribution in [-0.4, -0.2) is 23.2 Å². The van der Waals surface area contributed by atoms with Crippen LogP contribution in [0.2, 0.25) is 0 Å². The van der Waals surface area contributed by atoms with Gasteiger partial charge in [-0.05, 0) is 18.2 Å². The van der Waals surface area contributed by atoms with Gasteiger partial charge in [0.15, 0.2) is 0 Å². The van der Waals surface area contributed by atoms with Crippen molar-refractivity contribution in [2.75, 3.05) is 7.11 Å². The Bertz CT molecular complexity index is 615. The molecule has 0 fully saturated rings. The SMILES string of the molecule is COC(=O)c1ccc2c(O)cc(=O)[nH]c2c1. The van der Waals surface area contributed by atoms with Crippen molar-refractivity contribution in [2.45, 2.75) is 0 Å². The summed E-state index contributed by atoms with van der Waals surface area (Å²) in [4.78, 5) is 24.9. The molecule has 5 heteroatoms. The second kappa shape index (κ2) is 3.69. The van der Waals surface area contributed by atoms with Crippen LogP contribution in [0.4, 0.5) is 0 Å². The molecule has 2 aromatic rings. The summed E-state index contributed by atoms with van der Waals surface area (Å²) in [6, 6.07) is 5.61. The number of methoxy groups -OCH3 is 1. The predicted molar refractivity (Wildman–Crippen MR) is 57.6 cm³/mol. The van der Waals surface area contributed by atoms with Crippen molar-refractivity contribution in [3.8, 4) is 5.75 Å². The molecule has 0 spiro atoms. The summed E-state index contributed by atoms with van der Waals surface area (Å²) >= 11 is 0. The molecule has 0 aliphatic heterocycles. The molecule has 0 bridgehead atoms. The van der Waals surface area contributed by atoms with E-state index in [1.807, 2.05) is 0 Å². The molecular formula is C11H9NO4. The van der Waals surface area contributed by atoms with Crippen molar-refractivity contribution in [3.63, 3.8) is 0 Å². The summed E-state index contributed by atoms with van der Waals surface area (Å²) in [6.45, 7) is 0. The van der Waals surface area contributed by atoms with Crippen LogP contribution in [0.25, 0.3) is 10.9 Å². The zero-order valence-electron chi connectivity index (χ0n) is 8.48. The maximum absolute atomic E-state index is 11.3. The maximum atomic E-state index is 11.3. The second-order valence-electron chi connectivity index (χ2n) is 3.27. The van der Waals surface area contributed by atoms with Crippen molar-refractivity contribution < 1.29 is 14.6 Å². The first-order chi connectivity index (χ1) is 7.61. The Balaban J connectivity index is 2.71. The van der Waals surface area contributed by atoms with Crippen molar-refractivity contribution in [1.29, 1.82) is 0 Å². The number of pyridine rings is 1. The average Bonchev–Trinajstić information content (AvgIpc) is 2.27. The van der Waals surface area contributed by atoms with Gasteiger partial charge in [-0.2, -0.15) is 0 Å². The van der Waals surface area contributed by atoms with Crippen molar-refractivity contribution >= 4 is 16.9 Å². The fourth-order valence-electron chi connectivity index (χ4n) is 1.49. The smallest absolute Gasteiger partial charge is 0.337 e. The molecule has 0 saturated carbocycles. The summed E-state index contributed by atoms with van der Waals surface area (Å²) in [5.41, 5.74) is 0.288. The van der Waals surface area contributed by atoms with Crippen LogP contribution in [0.3, 0.4) is 0 Å². The molecular weight excluding hydrogens is 210 g/mol. The third kappa shape index (κ3) is 1.63. The van der Waals surface area contributed by atoms with E-state index in [1.165, 1.54) is 19.2 Å². The number of nitrogens with one attached hydrogen (secondary N) is 1. The van der Waals surface area contributed by atoms with E-state index in [9.17, 15) is 14.7 Å². The highest BCUT2D eigenvalue weighted by molar-refractivity contribution is 5.95. The molecule has 0 saturated heterocycles. The van der Waals surface area contributed by atoms with Crippen LogP contribution < -0.4 is 5.56 Å². The highest BCUT2D eigenvalue weighted by Crippen LogP contribution is 2.21. The Morgan fingerprint density at radius 2 is 2.12 bits per heavy atom. The summed E-state index contributed by atoms with van der Waals surface area (Å²) in [6.07, 6.45) is 0. The van der Waals surface area contributed by atoms with E-state index in [-0.39, 0.29) is 5.75 Å². The Morgan fingerprint density at radius 1 is 1.38 bits per heavy atom. The molecule has 1 heterocycles. The zero-order chi connectivity index (χ0) is 11.7. The quantitative estimate of drug-likeness (QED) is 0.702. The molecule has 0 aliphatic carbocycles. The Labute approximate surface area is 90.3 Å². The van der Waals surface area contributed by atoms with Gasteiger partial charge in [-0.25, -0.2) is 4.79 Å². The molecule has 0 radical (unpaired) electrons. The van der Waals surface area contributed by atoms with Crippen LogP contribution >= 0.6 is 0 Å². The van der Waals surface area contributed by atoms with Crippen LogP contribution in [0.5, 0.6) is 5.75 Å². The van der Waals surface area contributed by atoms with E-state index in [1.54, 1.807) is 6.07 Å². The third-order valence-electron chi connectivity index (χ3n) is 2.24. The lowest BCUT2D eigenvalue weighted by Crippen LogP contribution is -2.05. The molecule has 0 unspecified atom stereocenters. The number of aromatic nitrogens is 1. The summed E-state index contributed by atoms with van der Waals surface area (Å²) in [7, 11) is 1.28. The summed E-state index contributed by atoms with van der Waals surface area (Å²) in [5, 5.41) is 9.98. The minimum absolute atomic E-state index is 0.116. The molecule has 1 aromatic carbocycles. The number of aromatic amines is 1. The van der Waals surface area contributed by atoms with Crippen LogP contribution in [0.15, 0.2) is 29.1 Å². The van der Waals surface area contributed by atoms with Crippen molar-refractivity contribution in [2.24, 2.45) is 0 Å². The van der Waals surface area contributed by atoms with Gasteiger partial charge in [0.05, 0.1) is 18.2 Å². The molecule has 82 valence electrons. The van der Waals surface area contributed by atoms with Crippen LogP contribution in [-0.2, 0) is 4.74 Å². The number of hydrogen-bond donors (Lipinski definition) is 2. The summed E-state index contributed by atoms with van der Waals surface area (Å²) in [5.74, 6) is -0.610. The normalized spacial score (nSPS) is 10.3. The van der Waals surface area contributed by atoms with Crippen LogP contribution in [0, 0.1) is 0 Å². The largest absolute Gasteiger partial charge is 0.507 e. The average molecular weight is 219 g/mol. The monoisotopic (exact) mass is 219 g/mol. The topological polar surface area (TPSA) is 79.4 Å². The molecule has 5 nitrogen and oxygen atoms in total. The van der Waals surface area contributed by atoms with Gasteiger partial charge in [0, 0.05) is 11.5 Å². The Hall–Kier alpha value is -2.30. The van der Waals surface area contributed by atoms with Crippen LogP contribution in [0.1, 0.15) is 10.4 Å². The molecule has 0 aliphatic rings. The third-order valence-corrected chi connectivity index (χ3v) is 2.24. The number of H-pyrrole nitrogens is 1. The fourth-order valence-corrected chi connectivity index (χ4v) is 1.49. The predicted octanol–water partition coefficient (Wildman–Crippen LogP) is 1.02. The fraction of sp³-hybridized carbons (Fsp3) is 0.0909. The van der Waals surface area contributed by atoms with E-state index in [2.05, 4.69) is 9.72 Å². The van der Waals surface area contributed by atoms with Crippen molar-refractivity contribution in [1.82, 2.24) is 4.98 Å². The molecule has 1 aromatic heterocycles. The standard InChI is InChI=1S/C11H9NO4/c1-16-11(15)6-2-3-7-8(4-6)12-10(14)5-9(7)13/h2-5H,1H3,(H2,12,13,14). The molecule has 0 atom stereocenters. The van der Waals surface area contributed by atoms with E-state index in [4.69, 9.17) is 0 Å². The van der Waals surface area contributed by atoms with Gasteiger partial charge >= 0.3 is 5.97 Å². The number of rotatable bonds is 1. The number of ether oxygens (including phenoxy) is 1. The highest BCUT2D eigenvalue weighted by atomic mass is 16.5. The lowest BCUT2D eigenvalue weighted by atomic mass is 10.1. The van der Waals surface area contributed by atoms with Gasteiger partial charge in [0.25, 0.3) is 5.56 Å². The number of benzene rings is 1. The number of aromatic hydroxyl groups is 1. The minimum Gasteiger partial charge on any atom is -0.507 e. The molecule has 16 heavy (non-hydrogen) atoms. The zero-order valence-corrected chi connectivity index (χ0v) is 8.48. The first-order valence-electron chi connectivity index (χ1n) is 4.56. The Morgan fingerprint density at radius 3 is 2.81 bits per heavy atom. The second-order valence-corrected chi connectivity index (χ2v) is 3.27. The minimum atomic E-state index is -0.494. The van der Waals surface area contributed by atoms with Gasteiger partial charge in [0.1, 0.15) is 5.75 Å². The number of carbonyl (C=O) groups is 1. The number of esters is 1. The first kappa shape index (κ1) is 10.2. The lowest BCUT2D eigenvalue weighted by Gasteiger charge is -2.03. The Kier molecular flexibility index (Phi) is 2.36. The molecule has 0 amide bonds. The molecule has 2 N–H and O–H groups in total. The number of carbonyl (C=O) groups excluding carboxylic acids is 1. The van der Waals surface area contributed by atoms with E-state index in [0.29, 0.717) is 16.5 Å². The van der Waals surface area contributed by atoms with E-state index < -0.39 is 11.5 Å². The van der Waals surface area contributed by atoms with Gasteiger partial charge in [-0.3, -0.25) is 4.79 Å². The lowest BCUT2D eigenvalue weighted by molar-refractivity contribution is 0.0601. The number of hydrogen-bond acceptors (Lipinski definition) is 4. The number of fused-ring (bicyclic) bond motifs is 1. The summed E-state index contributed by atoms with van der Waals surface area (Å²) < 4.78 is 4.55. The van der Waals surface area contributed by atoms with Gasteiger partial charge in [-0.15, -0.1) is 0 Å². The molecule has 2 rings (SSSR count). The highest BCUT2D eigenvalue weighted by Gasteiger charge is 2.08. The van der Waals surface area contributed by atoms with E-state index >= 15 is 0 Å². The van der Waals surface area contributed by atoms with Gasteiger partial charge in [0.2, 0.25) is 0 Å². The van der Waals surface area contributed by atoms with E-state index in [0.717, 1.165) is 6.07 Å². The van der Waals surface area contributed by atoms with Crippen molar-refractivity contribution in [3.05, 3.63) is 40.2 Å². The van der Waals surface area contributed by atoms with Gasteiger partial charge < -0.3 is 14.8 Å².